The zero-order valence-electron chi connectivity index (χ0n) is 8.04. The van der Waals surface area contributed by atoms with E-state index in [1.165, 1.54) is 5.69 Å². The first-order valence-electron chi connectivity index (χ1n) is 4.35. The van der Waals surface area contributed by atoms with Crippen LogP contribution in [-0.4, -0.2) is 9.78 Å². The van der Waals surface area contributed by atoms with Crippen LogP contribution < -0.4 is 0 Å². The summed E-state index contributed by atoms with van der Waals surface area (Å²) in [4.78, 5) is 0. The lowest BCUT2D eigenvalue weighted by molar-refractivity contribution is 0.624. The van der Waals surface area contributed by atoms with Crippen molar-refractivity contribution in [1.29, 1.82) is 0 Å². The maximum absolute atomic E-state index is 4.30. The molecule has 2 nitrogen and oxygen atoms in total. The molecule has 0 spiro atoms. The summed E-state index contributed by atoms with van der Waals surface area (Å²) in [7, 11) is 1.98. The highest BCUT2D eigenvalue weighted by Crippen LogP contribution is 2.18. The van der Waals surface area contributed by atoms with E-state index in [1.807, 2.05) is 11.7 Å². The largest absolute Gasteiger partial charge is 0.272 e. The van der Waals surface area contributed by atoms with Crippen LogP contribution in [0.3, 0.4) is 0 Å². The molecule has 1 unspecified atom stereocenters. The third-order valence-electron chi connectivity index (χ3n) is 2.26. The first-order valence-corrected chi connectivity index (χ1v) is 4.35. The molecule has 0 aliphatic carbocycles. The van der Waals surface area contributed by atoms with Crippen molar-refractivity contribution in [2.24, 2.45) is 7.05 Å². The van der Waals surface area contributed by atoms with Crippen LogP contribution in [0.4, 0.5) is 0 Å². The molecule has 0 amide bonds. The molecule has 0 aromatic carbocycles. The lowest BCUT2D eigenvalue weighted by atomic mass is 10.1. The molecule has 1 atom stereocenters. The number of aryl methyl sites for hydroxylation is 1. The number of hydrogen-bond donors (Lipinski definition) is 0. The summed E-state index contributed by atoms with van der Waals surface area (Å²) in [6, 6.07) is 2.10. The molecular weight excluding hydrogens is 148 g/mol. The van der Waals surface area contributed by atoms with Gasteiger partial charge in [0, 0.05) is 12.7 Å². The Kier molecular flexibility index (Phi) is 2.69. The first-order chi connectivity index (χ1) is 5.69. The monoisotopic (exact) mass is 164 g/mol. The molecule has 1 rings (SSSR count). The van der Waals surface area contributed by atoms with Crippen LogP contribution in [0, 0.1) is 0 Å². The van der Waals surface area contributed by atoms with Crippen molar-refractivity contribution in [2.75, 3.05) is 0 Å². The van der Waals surface area contributed by atoms with Crippen LogP contribution in [-0.2, 0) is 7.05 Å². The molecule has 1 aromatic rings. The van der Waals surface area contributed by atoms with Gasteiger partial charge in [0.15, 0.2) is 0 Å². The molecule has 0 aliphatic rings. The second-order valence-electron chi connectivity index (χ2n) is 3.13. The number of hydrogen-bond acceptors (Lipinski definition) is 1. The Labute approximate surface area is 73.9 Å². The second-order valence-corrected chi connectivity index (χ2v) is 3.13. The Bertz CT molecular complexity index is 273. The standard InChI is InChI=1S/C10H16N2/c1-5-8(3)10-7-9(6-2)11-12(10)4/h6-8H,2,5H2,1,3-4H3. The molecule has 0 fully saturated rings. The molecule has 0 saturated heterocycles. The summed E-state index contributed by atoms with van der Waals surface area (Å²) in [6.45, 7) is 8.09. The van der Waals surface area contributed by atoms with Crippen molar-refractivity contribution in [2.45, 2.75) is 26.2 Å². The average molecular weight is 164 g/mol. The molecule has 66 valence electrons. The van der Waals surface area contributed by atoms with Crippen molar-refractivity contribution in [3.63, 3.8) is 0 Å². The minimum Gasteiger partial charge on any atom is -0.272 e. The second kappa shape index (κ2) is 3.57. The molecule has 0 bridgehead atoms. The van der Waals surface area contributed by atoms with Crippen LogP contribution in [0.25, 0.3) is 6.08 Å². The van der Waals surface area contributed by atoms with Gasteiger partial charge in [0.2, 0.25) is 0 Å². The van der Waals surface area contributed by atoms with Gasteiger partial charge >= 0.3 is 0 Å². The van der Waals surface area contributed by atoms with Gasteiger partial charge in [-0.3, -0.25) is 4.68 Å². The highest BCUT2D eigenvalue weighted by Gasteiger charge is 2.08. The van der Waals surface area contributed by atoms with Crippen molar-refractivity contribution in [3.05, 3.63) is 24.0 Å². The fourth-order valence-electron chi connectivity index (χ4n) is 1.27. The summed E-state index contributed by atoms with van der Waals surface area (Å²) in [6.07, 6.45) is 2.93. The molecule has 2 heteroatoms. The van der Waals surface area contributed by atoms with Gasteiger partial charge in [0.1, 0.15) is 0 Å². The highest BCUT2D eigenvalue weighted by molar-refractivity contribution is 5.42. The minimum atomic E-state index is 0.580. The molecule has 12 heavy (non-hydrogen) atoms. The van der Waals surface area contributed by atoms with Crippen LogP contribution in [0.5, 0.6) is 0 Å². The average Bonchev–Trinajstić information content (AvgIpc) is 2.45. The Morgan fingerprint density at radius 1 is 1.75 bits per heavy atom. The van der Waals surface area contributed by atoms with Gasteiger partial charge in [-0.05, 0) is 24.5 Å². The number of aromatic nitrogens is 2. The normalized spacial score (nSPS) is 12.9. The summed E-state index contributed by atoms with van der Waals surface area (Å²) in [5.74, 6) is 0.580. The predicted octanol–water partition coefficient (Wildman–Crippen LogP) is 2.58. The van der Waals surface area contributed by atoms with Gasteiger partial charge in [-0.15, -0.1) is 0 Å². The molecule has 0 aliphatic heterocycles. The zero-order chi connectivity index (χ0) is 9.14. The summed E-state index contributed by atoms with van der Waals surface area (Å²) in [5, 5.41) is 4.30. The van der Waals surface area contributed by atoms with Gasteiger partial charge in [-0.1, -0.05) is 20.4 Å². The lowest BCUT2D eigenvalue weighted by Crippen LogP contribution is -2.01. The van der Waals surface area contributed by atoms with E-state index in [0.717, 1.165) is 12.1 Å². The highest BCUT2D eigenvalue weighted by atomic mass is 15.3. The Hall–Kier alpha value is -1.05. The van der Waals surface area contributed by atoms with Crippen molar-refractivity contribution < 1.29 is 0 Å². The van der Waals surface area contributed by atoms with Gasteiger partial charge in [-0.25, -0.2) is 0 Å². The Morgan fingerprint density at radius 2 is 2.42 bits per heavy atom. The minimum absolute atomic E-state index is 0.580. The van der Waals surface area contributed by atoms with E-state index < -0.39 is 0 Å². The topological polar surface area (TPSA) is 17.8 Å². The maximum Gasteiger partial charge on any atom is 0.0847 e. The molecule has 1 aromatic heterocycles. The fraction of sp³-hybridized carbons (Fsp3) is 0.500. The van der Waals surface area contributed by atoms with E-state index in [0.29, 0.717) is 5.92 Å². The lowest BCUT2D eigenvalue weighted by Gasteiger charge is -2.07. The van der Waals surface area contributed by atoms with Crippen LogP contribution in [0.2, 0.25) is 0 Å². The van der Waals surface area contributed by atoms with E-state index in [-0.39, 0.29) is 0 Å². The fourth-order valence-corrected chi connectivity index (χ4v) is 1.27. The smallest absolute Gasteiger partial charge is 0.0847 e. The molecule has 1 heterocycles. The maximum atomic E-state index is 4.30. The molecule has 0 saturated carbocycles. The van der Waals surface area contributed by atoms with E-state index in [4.69, 9.17) is 0 Å². The number of rotatable bonds is 3. The molecular formula is C10H16N2. The summed E-state index contributed by atoms with van der Waals surface area (Å²) in [5.41, 5.74) is 2.25. The van der Waals surface area contributed by atoms with Crippen molar-refractivity contribution in [3.8, 4) is 0 Å². The van der Waals surface area contributed by atoms with Gasteiger partial charge < -0.3 is 0 Å². The van der Waals surface area contributed by atoms with E-state index in [1.54, 1.807) is 6.08 Å². The zero-order valence-corrected chi connectivity index (χ0v) is 8.04. The van der Waals surface area contributed by atoms with Gasteiger partial charge in [-0.2, -0.15) is 5.10 Å². The SMILES string of the molecule is C=Cc1cc(C(C)CC)n(C)n1. The third kappa shape index (κ3) is 1.58. The van der Waals surface area contributed by atoms with Crippen LogP contribution in [0.1, 0.15) is 37.6 Å². The predicted molar refractivity (Wildman–Crippen MR) is 52.0 cm³/mol. The van der Waals surface area contributed by atoms with E-state index >= 15 is 0 Å². The first kappa shape index (κ1) is 9.04. The van der Waals surface area contributed by atoms with E-state index in [2.05, 4.69) is 31.6 Å². The summed E-state index contributed by atoms with van der Waals surface area (Å²) >= 11 is 0. The Morgan fingerprint density at radius 3 is 2.83 bits per heavy atom. The third-order valence-corrected chi connectivity index (χ3v) is 2.26. The van der Waals surface area contributed by atoms with Crippen molar-refractivity contribution in [1.82, 2.24) is 9.78 Å². The molecule has 0 N–H and O–H groups in total. The van der Waals surface area contributed by atoms with Crippen molar-refractivity contribution >= 4 is 6.08 Å². The number of nitrogens with zero attached hydrogens (tertiary/aromatic N) is 2. The summed E-state index contributed by atoms with van der Waals surface area (Å²) < 4.78 is 1.94. The molecule has 0 radical (unpaired) electrons. The van der Waals surface area contributed by atoms with Gasteiger partial charge in [0.05, 0.1) is 5.69 Å². The van der Waals surface area contributed by atoms with Gasteiger partial charge in [0.25, 0.3) is 0 Å². The van der Waals surface area contributed by atoms with E-state index in [9.17, 15) is 0 Å². The van der Waals surface area contributed by atoms with Crippen LogP contribution in [0.15, 0.2) is 12.6 Å². The quantitative estimate of drug-likeness (QED) is 0.671. The van der Waals surface area contributed by atoms with Crippen LogP contribution >= 0.6 is 0 Å². The Balaban J connectivity index is 2.98.